The van der Waals surface area contributed by atoms with E-state index < -0.39 is 0 Å². The summed E-state index contributed by atoms with van der Waals surface area (Å²) in [6.07, 6.45) is 2.18. The molecule has 3 N–H and O–H groups in total. The van der Waals surface area contributed by atoms with Crippen molar-refractivity contribution in [2.24, 2.45) is 4.99 Å². The number of benzene rings is 1. The molecule has 2 amide bonds. The summed E-state index contributed by atoms with van der Waals surface area (Å²) in [4.78, 5) is 30.0. The lowest BCUT2D eigenvalue weighted by Gasteiger charge is -2.17. The number of carbonyl (C=O) groups is 2. The van der Waals surface area contributed by atoms with Gasteiger partial charge in [0.05, 0.1) is 13.1 Å². The Morgan fingerprint density at radius 1 is 1.12 bits per heavy atom. The highest BCUT2D eigenvalue weighted by molar-refractivity contribution is 5.94. The van der Waals surface area contributed by atoms with E-state index in [-0.39, 0.29) is 18.4 Å². The fourth-order valence-electron chi connectivity index (χ4n) is 2.66. The minimum Gasteiger partial charge on any atom is -0.357 e. The Kier molecular flexibility index (Phi) is 7.25. The topological polar surface area (TPSA) is 85.8 Å². The number of nitrogens with one attached hydrogen (secondary N) is 3. The second-order valence-electron chi connectivity index (χ2n) is 5.91. The minimum atomic E-state index is -0.106. The summed E-state index contributed by atoms with van der Waals surface area (Å²) in [6.45, 7) is 5.14. The van der Waals surface area contributed by atoms with Crippen LogP contribution in [0.15, 0.2) is 29.3 Å². The highest BCUT2D eigenvalue weighted by Gasteiger charge is 2.17. The van der Waals surface area contributed by atoms with Crippen LogP contribution in [0.4, 0.5) is 0 Å². The van der Waals surface area contributed by atoms with Gasteiger partial charge in [-0.1, -0.05) is 12.1 Å². The van der Waals surface area contributed by atoms with Crippen LogP contribution < -0.4 is 16.0 Å². The van der Waals surface area contributed by atoms with E-state index in [0.717, 1.165) is 38.0 Å². The first-order valence-electron chi connectivity index (χ1n) is 8.75. The number of amides is 2. The first kappa shape index (κ1) is 18.8. The Labute approximate surface area is 148 Å². The first-order chi connectivity index (χ1) is 12.1. The van der Waals surface area contributed by atoms with E-state index in [1.165, 1.54) is 0 Å². The van der Waals surface area contributed by atoms with Gasteiger partial charge >= 0.3 is 0 Å². The Hall–Kier alpha value is -2.57. The Morgan fingerprint density at radius 2 is 1.80 bits per heavy atom. The molecule has 0 bridgehead atoms. The van der Waals surface area contributed by atoms with Gasteiger partial charge in [-0.2, -0.15) is 0 Å². The van der Waals surface area contributed by atoms with Gasteiger partial charge in [0.25, 0.3) is 5.91 Å². The monoisotopic (exact) mass is 345 g/mol. The van der Waals surface area contributed by atoms with Gasteiger partial charge in [-0.3, -0.25) is 9.59 Å². The Morgan fingerprint density at radius 3 is 2.40 bits per heavy atom. The summed E-state index contributed by atoms with van der Waals surface area (Å²) in [5.74, 6) is 0.619. The van der Waals surface area contributed by atoms with Gasteiger partial charge < -0.3 is 20.9 Å². The molecule has 7 nitrogen and oxygen atoms in total. The molecule has 1 aliphatic heterocycles. The van der Waals surface area contributed by atoms with Gasteiger partial charge in [0, 0.05) is 32.2 Å². The second kappa shape index (κ2) is 9.66. The van der Waals surface area contributed by atoms with Crippen LogP contribution in [0.25, 0.3) is 0 Å². The molecule has 0 unspecified atom stereocenters. The van der Waals surface area contributed by atoms with Crippen molar-refractivity contribution in [2.75, 3.05) is 33.2 Å². The average molecular weight is 345 g/mol. The van der Waals surface area contributed by atoms with Crippen molar-refractivity contribution in [2.45, 2.75) is 26.3 Å². The van der Waals surface area contributed by atoms with Crippen LogP contribution in [0.3, 0.4) is 0 Å². The number of likely N-dealkylation sites (tertiary alicyclic amines) is 1. The zero-order valence-corrected chi connectivity index (χ0v) is 15.0. The van der Waals surface area contributed by atoms with E-state index in [4.69, 9.17) is 0 Å². The number of hydrogen-bond donors (Lipinski definition) is 3. The van der Waals surface area contributed by atoms with Gasteiger partial charge in [-0.25, -0.2) is 4.99 Å². The molecule has 0 aliphatic carbocycles. The SMILES string of the molecule is CCNC(=NCc1ccc(C(=O)NC)cc1)NCC(=O)N1CCCC1. The third-order valence-corrected chi connectivity index (χ3v) is 4.07. The smallest absolute Gasteiger partial charge is 0.251 e. The van der Waals surface area contributed by atoms with Crippen LogP contribution in [0.5, 0.6) is 0 Å². The predicted molar refractivity (Wildman–Crippen MR) is 98.5 cm³/mol. The van der Waals surface area contributed by atoms with Crippen molar-refractivity contribution in [1.82, 2.24) is 20.9 Å². The van der Waals surface area contributed by atoms with Gasteiger partial charge in [0.2, 0.25) is 5.91 Å². The van der Waals surface area contributed by atoms with Crippen LogP contribution in [-0.2, 0) is 11.3 Å². The molecular weight excluding hydrogens is 318 g/mol. The molecule has 1 fully saturated rings. The molecule has 1 heterocycles. The van der Waals surface area contributed by atoms with Gasteiger partial charge in [0.1, 0.15) is 0 Å². The maximum atomic E-state index is 12.1. The molecule has 0 radical (unpaired) electrons. The number of nitrogens with zero attached hydrogens (tertiary/aromatic N) is 2. The fraction of sp³-hybridized carbons (Fsp3) is 0.500. The molecule has 1 aromatic carbocycles. The van der Waals surface area contributed by atoms with E-state index in [9.17, 15) is 9.59 Å². The summed E-state index contributed by atoms with van der Waals surface area (Å²) in [6, 6.07) is 7.32. The fourth-order valence-corrected chi connectivity index (χ4v) is 2.66. The molecule has 136 valence electrons. The van der Waals surface area contributed by atoms with E-state index in [0.29, 0.717) is 18.1 Å². The molecular formula is C18H27N5O2. The number of aliphatic imine (C=N–C) groups is 1. The predicted octanol–water partition coefficient (Wildman–Crippen LogP) is 0.724. The third kappa shape index (κ3) is 5.77. The van der Waals surface area contributed by atoms with Crippen LogP contribution in [0, 0.1) is 0 Å². The zero-order chi connectivity index (χ0) is 18.1. The van der Waals surface area contributed by atoms with E-state index in [2.05, 4.69) is 20.9 Å². The van der Waals surface area contributed by atoms with Crippen molar-refractivity contribution in [1.29, 1.82) is 0 Å². The lowest BCUT2D eigenvalue weighted by atomic mass is 10.1. The van der Waals surface area contributed by atoms with Crippen LogP contribution in [0.2, 0.25) is 0 Å². The van der Waals surface area contributed by atoms with Crippen molar-refractivity contribution in [3.05, 3.63) is 35.4 Å². The molecule has 0 spiro atoms. The number of carbonyl (C=O) groups excluding carboxylic acids is 2. The standard InChI is InChI=1S/C18H27N5O2/c1-3-20-18(22-13-16(24)23-10-4-5-11-23)21-12-14-6-8-15(9-7-14)17(25)19-2/h6-9H,3-5,10-13H2,1-2H3,(H,19,25)(H2,20,21,22). The molecule has 0 saturated carbocycles. The molecule has 0 aromatic heterocycles. The van der Waals surface area contributed by atoms with Gasteiger partial charge in [-0.15, -0.1) is 0 Å². The second-order valence-corrected chi connectivity index (χ2v) is 5.91. The molecule has 1 aromatic rings. The first-order valence-corrected chi connectivity index (χ1v) is 8.75. The Bertz CT molecular complexity index is 606. The van der Waals surface area contributed by atoms with Crippen LogP contribution in [0.1, 0.15) is 35.7 Å². The molecule has 25 heavy (non-hydrogen) atoms. The maximum absolute atomic E-state index is 12.1. The highest BCUT2D eigenvalue weighted by atomic mass is 16.2. The van der Waals surface area contributed by atoms with Gasteiger partial charge in [0.15, 0.2) is 5.96 Å². The molecule has 1 saturated heterocycles. The van der Waals surface area contributed by atoms with Crippen molar-refractivity contribution in [3.63, 3.8) is 0 Å². The van der Waals surface area contributed by atoms with Crippen molar-refractivity contribution < 1.29 is 9.59 Å². The van der Waals surface area contributed by atoms with Gasteiger partial charge in [-0.05, 0) is 37.5 Å². The lowest BCUT2D eigenvalue weighted by molar-refractivity contribution is -0.128. The summed E-state index contributed by atoms with van der Waals surface area (Å²) in [5, 5.41) is 8.83. The summed E-state index contributed by atoms with van der Waals surface area (Å²) < 4.78 is 0. The number of hydrogen-bond acceptors (Lipinski definition) is 3. The summed E-state index contributed by atoms with van der Waals surface area (Å²) >= 11 is 0. The third-order valence-electron chi connectivity index (χ3n) is 4.07. The normalized spacial score (nSPS) is 14.3. The quantitative estimate of drug-likeness (QED) is 0.524. The van der Waals surface area contributed by atoms with Crippen LogP contribution >= 0.6 is 0 Å². The number of guanidine groups is 1. The molecule has 0 atom stereocenters. The van der Waals surface area contributed by atoms with E-state index in [1.54, 1.807) is 19.2 Å². The van der Waals surface area contributed by atoms with E-state index >= 15 is 0 Å². The molecule has 1 aliphatic rings. The minimum absolute atomic E-state index is 0.106. The van der Waals surface area contributed by atoms with Crippen LogP contribution in [-0.4, -0.2) is 55.9 Å². The summed E-state index contributed by atoms with van der Waals surface area (Å²) in [7, 11) is 1.61. The highest BCUT2D eigenvalue weighted by Crippen LogP contribution is 2.07. The van der Waals surface area contributed by atoms with Crippen molar-refractivity contribution in [3.8, 4) is 0 Å². The summed E-state index contributed by atoms with van der Waals surface area (Å²) in [5.41, 5.74) is 1.62. The number of rotatable bonds is 6. The van der Waals surface area contributed by atoms with E-state index in [1.807, 2.05) is 24.0 Å². The molecule has 2 rings (SSSR count). The zero-order valence-electron chi connectivity index (χ0n) is 15.0. The molecule has 7 heteroatoms. The average Bonchev–Trinajstić information content (AvgIpc) is 3.18. The largest absolute Gasteiger partial charge is 0.357 e. The lowest BCUT2D eigenvalue weighted by Crippen LogP contribution is -2.44. The Balaban J connectivity index is 1.89. The van der Waals surface area contributed by atoms with Crippen molar-refractivity contribution >= 4 is 17.8 Å². The maximum Gasteiger partial charge on any atom is 0.251 e.